The Labute approximate surface area is 163 Å². The largest absolute Gasteiger partial charge is 0.352 e. The zero-order valence-electron chi connectivity index (χ0n) is 14.8. The van der Waals surface area contributed by atoms with Gasteiger partial charge in [-0.2, -0.15) is 0 Å². The van der Waals surface area contributed by atoms with Gasteiger partial charge >= 0.3 is 0 Å². The fraction of sp³-hybridized carbons (Fsp3) is 0.222. The highest BCUT2D eigenvalue weighted by atomic mass is 35.5. The molecule has 7 nitrogen and oxygen atoms in total. The summed E-state index contributed by atoms with van der Waals surface area (Å²) in [6, 6.07) is 11.7. The zero-order chi connectivity index (χ0) is 20.0. The minimum atomic E-state index is -3.88. The molecule has 0 aliphatic rings. The lowest BCUT2D eigenvalue weighted by Crippen LogP contribution is -2.39. The first-order chi connectivity index (χ1) is 12.7. The highest BCUT2D eigenvalue weighted by Crippen LogP contribution is 2.19. The molecule has 2 rings (SSSR count). The van der Waals surface area contributed by atoms with Crippen LogP contribution in [0, 0.1) is 0 Å². The van der Waals surface area contributed by atoms with Crippen LogP contribution < -0.4 is 15.4 Å². The van der Waals surface area contributed by atoms with Crippen LogP contribution in [0.1, 0.15) is 24.2 Å². The summed E-state index contributed by atoms with van der Waals surface area (Å²) in [6.45, 7) is 3.42. The molecule has 0 heterocycles. The summed E-state index contributed by atoms with van der Waals surface area (Å²) in [5.74, 6) is -0.871. The third-order valence-corrected chi connectivity index (χ3v) is 4.99. The Morgan fingerprint density at radius 3 is 2.37 bits per heavy atom. The molecule has 2 aromatic carbocycles. The monoisotopic (exact) mass is 409 g/mol. The van der Waals surface area contributed by atoms with Crippen molar-refractivity contribution in [3.63, 3.8) is 0 Å². The van der Waals surface area contributed by atoms with Crippen LogP contribution in [0.15, 0.2) is 53.4 Å². The van der Waals surface area contributed by atoms with Crippen molar-refractivity contribution in [2.24, 2.45) is 0 Å². The third-order valence-electron chi connectivity index (χ3n) is 3.36. The van der Waals surface area contributed by atoms with E-state index in [9.17, 15) is 18.0 Å². The number of sulfonamides is 1. The van der Waals surface area contributed by atoms with Crippen LogP contribution in [0.4, 0.5) is 5.69 Å². The maximum atomic E-state index is 12.5. The zero-order valence-corrected chi connectivity index (χ0v) is 16.4. The van der Waals surface area contributed by atoms with Crippen LogP contribution in [-0.4, -0.2) is 32.8 Å². The molecule has 2 amide bonds. The molecule has 0 bridgehead atoms. The topological polar surface area (TPSA) is 104 Å². The van der Waals surface area contributed by atoms with Crippen LogP contribution in [0.3, 0.4) is 0 Å². The quantitative estimate of drug-likeness (QED) is 0.653. The van der Waals surface area contributed by atoms with E-state index in [1.54, 1.807) is 12.1 Å². The highest BCUT2D eigenvalue weighted by Gasteiger charge is 2.17. The van der Waals surface area contributed by atoms with Gasteiger partial charge in [0.05, 0.1) is 11.4 Å². The van der Waals surface area contributed by atoms with Gasteiger partial charge in [-0.15, -0.1) is 0 Å². The van der Waals surface area contributed by atoms with E-state index in [0.29, 0.717) is 10.7 Å². The second-order valence-corrected chi connectivity index (χ2v) is 8.16. The Hall–Kier alpha value is -2.58. The predicted molar refractivity (Wildman–Crippen MR) is 104 cm³/mol. The van der Waals surface area contributed by atoms with Gasteiger partial charge in [-0.1, -0.05) is 17.7 Å². The fourth-order valence-electron chi connectivity index (χ4n) is 2.17. The van der Waals surface area contributed by atoms with Crippen LogP contribution in [0.2, 0.25) is 5.02 Å². The smallest absolute Gasteiger partial charge is 0.261 e. The predicted octanol–water partition coefficient (Wildman–Crippen LogP) is 2.40. The number of hydrogen-bond acceptors (Lipinski definition) is 4. The average Bonchev–Trinajstić information content (AvgIpc) is 2.61. The number of nitrogens with one attached hydrogen (secondary N) is 3. The molecule has 0 unspecified atom stereocenters. The Morgan fingerprint density at radius 1 is 1.07 bits per heavy atom. The number of benzene rings is 2. The summed E-state index contributed by atoms with van der Waals surface area (Å²) >= 11 is 5.79. The first-order valence-corrected chi connectivity index (χ1v) is 9.99. The first kappa shape index (κ1) is 20.7. The molecule has 0 saturated heterocycles. The number of hydrogen-bond donors (Lipinski definition) is 3. The van der Waals surface area contributed by atoms with Crippen molar-refractivity contribution in [2.75, 3.05) is 11.3 Å². The van der Waals surface area contributed by atoms with Crippen LogP contribution in [0.25, 0.3) is 0 Å². The van der Waals surface area contributed by atoms with E-state index in [2.05, 4.69) is 15.4 Å². The second kappa shape index (κ2) is 8.88. The van der Waals surface area contributed by atoms with Crippen LogP contribution >= 0.6 is 11.6 Å². The second-order valence-electron chi connectivity index (χ2n) is 6.05. The lowest BCUT2D eigenvalue weighted by atomic mass is 10.2. The van der Waals surface area contributed by atoms with E-state index in [4.69, 9.17) is 11.6 Å². The molecular weight excluding hydrogens is 390 g/mol. The molecule has 3 N–H and O–H groups in total. The number of carbonyl (C=O) groups excluding carboxylic acids is 2. The van der Waals surface area contributed by atoms with Gasteiger partial charge in [-0.05, 0) is 56.3 Å². The van der Waals surface area contributed by atoms with Crippen molar-refractivity contribution in [2.45, 2.75) is 24.8 Å². The van der Waals surface area contributed by atoms with Gasteiger partial charge in [-0.25, -0.2) is 8.42 Å². The first-order valence-electron chi connectivity index (χ1n) is 8.13. The standard InChI is InChI=1S/C18H20ClN3O4S/c1-12(2)21-17(23)11-20-18(24)13-4-3-5-16(10-13)27(25,26)22-15-8-6-14(19)7-9-15/h3-10,12,22H,11H2,1-2H3,(H,20,24)(H,21,23). The van der Waals surface area contributed by atoms with Gasteiger partial charge in [0, 0.05) is 22.3 Å². The number of amides is 2. The van der Waals surface area contributed by atoms with E-state index in [1.807, 2.05) is 13.8 Å². The summed E-state index contributed by atoms with van der Waals surface area (Å²) in [7, 11) is -3.88. The van der Waals surface area contributed by atoms with E-state index in [1.165, 1.54) is 36.4 Å². The molecule has 0 spiro atoms. The van der Waals surface area contributed by atoms with E-state index < -0.39 is 15.9 Å². The molecule has 2 aromatic rings. The van der Waals surface area contributed by atoms with Crippen molar-refractivity contribution in [1.29, 1.82) is 0 Å². The summed E-state index contributed by atoms with van der Waals surface area (Å²) < 4.78 is 27.4. The highest BCUT2D eigenvalue weighted by molar-refractivity contribution is 7.92. The number of rotatable bonds is 7. The molecule has 27 heavy (non-hydrogen) atoms. The molecule has 0 aliphatic heterocycles. The molecule has 0 fully saturated rings. The summed E-state index contributed by atoms with van der Waals surface area (Å²) in [4.78, 5) is 23.7. The van der Waals surface area contributed by atoms with Gasteiger partial charge in [-0.3, -0.25) is 14.3 Å². The van der Waals surface area contributed by atoms with Crippen LogP contribution in [0.5, 0.6) is 0 Å². The lowest BCUT2D eigenvalue weighted by Gasteiger charge is -2.11. The Balaban J connectivity index is 2.10. The minimum Gasteiger partial charge on any atom is -0.352 e. The average molecular weight is 410 g/mol. The summed E-state index contributed by atoms with van der Waals surface area (Å²) in [6.07, 6.45) is 0. The SMILES string of the molecule is CC(C)NC(=O)CNC(=O)c1cccc(S(=O)(=O)Nc2ccc(Cl)cc2)c1. The van der Waals surface area contributed by atoms with Gasteiger partial charge in [0.2, 0.25) is 5.91 Å². The molecule has 0 atom stereocenters. The fourth-order valence-corrected chi connectivity index (χ4v) is 3.40. The normalized spacial score (nSPS) is 11.1. The number of halogens is 1. The van der Waals surface area contributed by atoms with Crippen molar-refractivity contribution < 1.29 is 18.0 Å². The van der Waals surface area contributed by atoms with Crippen molar-refractivity contribution >= 4 is 39.1 Å². The van der Waals surface area contributed by atoms with Gasteiger partial charge in [0.1, 0.15) is 0 Å². The van der Waals surface area contributed by atoms with E-state index in [0.717, 1.165) is 0 Å². The maximum absolute atomic E-state index is 12.5. The molecule has 0 aromatic heterocycles. The summed E-state index contributed by atoms with van der Waals surface area (Å²) in [5.41, 5.74) is 0.478. The van der Waals surface area contributed by atoms with Crippen molar-refractivity contribution in [3.8, 4) is 0 Å². The minimum absolute atomic E-state index is 0.0400. The van der Waals surface area contributed by atoms with Gasteiger partial charge in [0.25, 0.3) is 15.9 Å². The molecule has 0 aliphatic carbocycles. The molecular formula is C18H20ClN3O4S. The van der Waals surface area contributed by atoms with Gasteiger partial charge < -0.3 is 10.6 Å². The summed E-state index contributed by atoms with van der Waals surface area (Å²) in [5, 5.41) is 5.59. The Morgan fingerprint density at radius 2 is 1.74 bits per heavy atom. The van der Waals surface area contributed by atoms with Crippen LogP contribution in [-0.2, 0) is 14.8 Å². The molecule has 9 heteroatoms. The number of anilines is 1. The van der Waals surface area contributed by atoms with E-state index in [-0.39, 0.29) is 29.0 Å². The number of carbonyl (C=O) groups is 2. The third kappa shape index (κ3) is 6.26. The van der Waals surface area contributed by atoms with Crippen molar-refractivity contribution in [1.82, 2.24) is 10.6 Å². The molecule has 0 saturated carbocycles. The Kier molecular flexibility index (Phi) is 6.81. The molecule has 0 radical (unpaired) electrons. The lowest BCUT2D eigenvalue weighted by molar-refractivity contribution is -0.120. The van der Waals surface area contributed by atoms with Crippen molar-refractivity contribution in [3.05, 3.63) is 59.1 Å². The van der Waals surface area contributed by atoms with Gasteiger partial charge in [0.15, 0.2) is 0 Å². The Bertz CT molecular complexity index is 928. The van der Waals surface area contributed by atoms with E-state index >= 15 is 0 Å². The molecule has 144 valence electrons. The maximum Gasteiger partial charge on any atom is 0.261 e.